The highest BCUT2D eigenvalue weighted by Gasteiger charge is 2.43. The van der Waals surface area contributed by atoms with Crippen molar-refractivity contribution in [2.75, 3.05) is 7.05 Å². The number of aromatic nitrogens is 1. The molecule has 0 saturated carbocycles. The first kappa shape index (κ1) is 22.1. The number of nitrogens with zero attached hydrogens (tertiary/aromatic N) is 1. The fourth-order valence-corrected chi connectivity index (χ4v) is 5.54. The van der Waals surface area contributed by atoms with E-state index in [9.17, 15) is 13.2 Å². The van der Waals surface area contributed by atoms with Crippen molar-refractivity contribution in [2.24, 2.45) is 0 Å². The molecule has 0 aliphatic rings. The van der Waals surface area contributed by atoms with Gasteiger partial charge >= 0.3 is 0 Å². The number of benzene rings is 1. The number of rotatable bonds is 8. The van der Waals surface area contributed by atoms with Gasteiger partial charge < -0.3 is 5.32 Å². The van der Waals surface area contributed by atoms with E-state index in [2.05, 4.69) is 31.0 Å². The minimum Gasteiger partial charge on any atom is -0.366 e. The Balaban J connectivity index is 2.29. The summed E-state index contributed by atoms with van der Waals surface area (Å²) >= 11 is 9.99. The summed E-state index contributed by atoms with van der Waals surface area (Å²) in [7, 11) is -2.26. The lowest BCUT2D eigenvalue weighted by Gasteiger charge is -2.35. The normalized spacial score (nSPS) is 15.0. The molecule has 6 nitrogen and oxygen atoms in total. The van der Waals surface area contributed by atoms with Gasteiger partial charge in [0, 0.05) is 10.9 Å². The highest BCUT2D eigenvalue weighted by molar-refractivity contribution is 9.10. The van der Waals surface area contributed by atoms with Gasteiger partial charge in [0.1, 0.15) is 20.4 Å². The predicted octanol–water partition coefficient (Wildman–Crippen LogP) is 3.25. The molecule has 0 bridgehead atoms. The Morgan fingerprint density at radius 1 is 1.37 bits per heavy atom. The molecule has 2 N–H and O–H groups in total. The van der Waals surface area contributed by atoms with Crippen LogP contribution in [0.4, 0.5) is 0 Å². The van der Waals surface area contributed by atoms with E-state index in [0.29, 0.717) is 15.2 Å². The number of thiocarbonyl (C=S) groups is 1. The lowest BCUT2D eigenvalue weighted by Crippen LogP contribution is -2.55. The van der Waals surface area contributed by atoms with Crippen molar-refractivity contribution in [3.05, 3.63) is 50.9 Å². The molecule has 1 aromatic heterocycles. The predicted molar refractivity (Wildman–Crippen MR) is 116 cm³/mol. The Bertz CT molecular complexity index is 931. The van der Waals surface area contributed by atoms with Gasteiger partial charge in [-0.25, -0.2) is 18.1 Å². The van der Waals surface area contributed by atoms with Crippen LogP contribution in [0, 0.1) is 0 Å². The van der Waals surface area contributed by atoms with Crippen LogP contribution in [-0.4, -0.2) is 36.5 Å². The maximum atomic E-state index is 12.5. The van der Waals surface area contributed by atoms with Crippen molar-refractivity contribution < 1.29 is 13.2 Å². The quantitative estimate of drug-likeness (QED) is 0.437. The Morgan fingerprint density at radius 2 is 2.00 bits per heavy atom. The highest BCUT2D eigenvalue weighted by Crippen LogP contribution is 2.33. The van der Waals surface area contributed by atoms with Crippen molar-refractivity contribution in [1.82, 2.24) is 15.0 Å². The van der Waals surface area contributed by atoms with Gasteiger partial charge in [0.15, 0.2) is 5.78 Å². The number of carbonyl (C=O) groups excluding carboxylic acids is 1. The summed E-state index contributed by atoms with van der Waals surface area (Å²) in [5.74, 6) is -0.139. The first-order valence-corrected chi connectivity index (χ1v) is 11.7. The Hall–Kier alpha value is -1.20. The molecule has 146 valence electrons. The van der Waals surface area contributed by atoms with E-state index in [1.54, 1.807) is 43.5 Å². The molecule has 2 aromatic rings. The molecular formula is C17H20BrN3O3S3. The van der Waals surface area contributed by atoms with Crippen molar-refractivity contribution >= 4 is 60.3 Å². The Kier molecular flexibility index (Phi) is 7.26. The van der Waals surface area contributed by atoms with Crippen LogP contribution in [0.5, 0.6) is 0 Å². The molecule has 2 unspecified atom stereocenters. The maximum absolute atomic E-state index is 12.5. The minimum absolute atomic E-state index is 0.0200. The third-order valence-electron chi connectivity index (χ3n) is 4.30. The number of hydrogen-bond acceptors (Lipinski definition) is 6. The lowest BCUT2D eigenvalue weighted by atomic mass is 9.98. The van der Waals surface area contributed by atoms with Crippen molar-refractivity contribution in [3.63, 3.8) is 0 Å². The summed E-state index contributed by atoms with van der Waals surface area (Å²) in [5, 5.41) is 4.51. The van der Waals surface area contributed by atoms with Crippen LogP contribution in [-0.2, 0) is 15.6 Å². The number of thiazole rings is 1. The van der Waals surface area contributed by atoms with Crippen LogP contribution in [0.1, 0.15) is 35.6 Å². The third kappa shape index (κ3) is 5.20. The van der Waals surface area contributed by atoms with E-state index < -0.39 is 20.8 Å². The lowest BCUT2D eigenvalue weighted by molar-refractivity contribution is 0.1000. The van der Waals surface area contributed by atoms with Crippen molar-refractivity contribution in [1.29, 1.82) is 0 Å². The topological polar surface area (TPSA) is 88.2 Å². The Morgan fingerprint density at radius 3 is 2.52 bits per heavy atom. The second kappa shape index (κ2) is 8.87. The monoisotopic (exact) mass is 489 g/mol. The largest absolute Gasteiger partial charge is 0.366 e. The number of hydrogen-bond donors (Lipinski definition) is 2. The average molecular weight is 490 g/mol. The molecule has 0 radical (unpaired) electrons. The zero-order valence-corrected chi connectivity index (χ0v) is 19.1. The fraction of sp³-hybridized carbons (Fsp3) is 0.353. The highest BCUT2D eigenvalue weighted by atomic mass is 79.9. The molecule has 10 heteroatoms. The van der Waals surface area contributed by atoms with Gasteiger partial charge in [0.2, 0.25) is 10.0 Å². The van der Waals surface area contributed by atoms with Gasteiger partial charge in [-0.1, -0.05) is 42.5 Å². The van der Waals surface area contributed by atoms with Crippen LogP contribution in [0.15, 0.2) is 40.3 Å². The smallest absolute Gasteiger partial charge is 0.216 e. The van der Waals surface area contributed by atoms with Crippen LogP contribution in [0.3, 0.4) is 0 Å². The molecule has 0 aliphatic heterocycles. The maximum Gasteiger partial charge on any atom is 0.216 e. The number of carbonyl (C=O) groups is 1. The standard InChI is InChI=1S/C17H20BrN3O3S3/c1-11(27(23,24)19-3)17(2,16-20-14(18)10-26-16)21-15(25)9-13(22)12-7-5-4-6-8-12/h4-8,10-11,19H,9H2,1-3H3,(H,21,25). The molecule has 0 spiro atoms. The minimum atomic E-state index is -3.63. The molecular weight excluding hydrogens is 470 g/mol. The molecule has 2 atom stereocenters. The third-order valence-corrected chi connectivity index (χ3v) is 8.31. The molecule has 0 aliphatic carbocycles. The van der Waals surface area contributed by atoms with Crippen LogP contribution in [0.25, 0.3) is 0 Å². The van der Waals surface area contributed by atoms with Crippen molar-refractivity contribution in [3.8, 4) is 0 Å². The summed E-state index contributed by atoms with van der Waals surface area (Å²) in [6.45, 7) is 3.30. The van der Waals surface area contributed by atoms with Crippen LogP contribution >= 0.6 is 39.5 Å². The van der Waals surface area contributed by atoms with E-state index in [4.69, 9.17) is 12.2 Å². The van der Waals surface area contributed by atoms with Gasteiger partial charge in [0.25, 0.3) is 0 Å². The molecule has 0 fully saturated rings. The molecule has 1 heterocycles. The Labute approximate surface area is 177 Å². The number of ketones is 1. The summed E-state index contributed by atoms with van der Waals surface area (Å²) in [6, 6.07) is 8.83. The summed E-state index contributed by atoms with van der Waals surface area (Å²) in [5.41, 5.74) is -0.553. The molecule has 0 amide bonds. The van der Waals surface area contributed by atoms with Gasteiger partial charge in [-0.2, -0.15) is 0 Å². The summed E-state index contributed by atoms with van der Waals surface area (Å²) < 4.78 is 27.9. The second-order valence-electron chi connectivity index (χ2n) is 6.08. The van der Waals surface area contributed by atoms with Gasteiger partial charge in [0.05, 0.1) is 11.4 Å². The SMILES string of the molecule is CNS(=O)(=O)C(C)C(C)(NC(=S)CC(=O)c1ccccc1)c1nc(Br)cs1. The molecule has 0 saturated heterocycles. The van der Waals surface area contributed by atoms with E-state index in [1.807, 2.05) is 6.07 Å². The molecule has 2 rings (SSSR count). The number of Topliss-reactive ketones (excluding diaryl/α,β-unsaturated/α-hetero) is 1. The number of sulfonamides is 1. The zero-order chi connectivity index (χ0) is 20.2. The van der Waals surface area contributed by atoms with Crippen molar-refractivity contribution in [2.45, 2.75) is 31.1 Å². The first-order valence-electron chi connectivity index (χ1n) is 8.03. The summed E-state index contributed by atoms with van der Waals surface area (Å²) in [6.07, 6.45) is -0.0200. The molecule has 1 aromatic carbocycles. The zero-order valence-electron chi connectivity index (χ0n) is 15.0. The molecule has 27 heavy (non-hydrogen) atoms. The first-order chi connectivity index (χ1) is 12.6. The average Bonchev–Trinajstić information content (AvgIpc) is 3.08. The summed E-state index contributed by atoms with van der Waals surface area (Å²) in [4.78, 5) is 17.1. The van der Waals surface area contributed by atoms with Gasteiger partial charge in [-0.15, -0.1) is 11.3 Å². The van der Waals surface area contributed by atoms with E-state index in [0.717, 1.165) is 0 Å². The van der Waals surface area contributed by atoms with Gasteiger partial charge in [-0.3, -0.25) is 4.79 Å². The number of nitrogens with one attached hydrogen (secondary N) is 2. The van der Waals surface area contributed by atoms with Crippen LogP contribution in [0.2, 0.25) is 0 Å². The number of halogens is 1. The fourth-order valence-electron chi connectivity index (χ4n) is 2.51. The van der Waals surface area contributed by atoms with E-state index in [-0.39, 0.29) is 17.2 Å². The van der Waals surface area contributed by atoms with Gasteiger partial charge in [-0.05, 0) is 36.8 Å². The second-order valence-corrected chi connectivity index (χ2v) is 10.5. The van der Waals surface area contributed by atoms with E-state index in [1.165, 1.54) is 18.4 Å². The van der Waals surface area contributed by atoms with E-state index >= 15 is 0 Å². The van der Waals surface area contributed by atoms with Crippen LogP contribution < -0.4 is 10.0 Å².